The Bertz CT molecular complexity index is 1350. The molecule has 1 N–H and O–H groups in total. The smallest absolute Gasteiger partial charge is 0.244 e. The molecule has 0 aliphatic rings. The van der Waals surface area contributed by atoms with Crippen molar-refractivity contribution in [1.29, 1.82) is 0 Å². The lowest BCUT2D eigenvalue weighted by molar-refractivity contribution is -0.120. The van der Waals surface area contributed by atoms with Gasteiger partial charge in [0.1, 0.15) is 12.4 Å². The molecule has 4 aromatic rings. The Morgan fingerprint density at radius 2 is 1.68 bits per heavy atom. The van der Waals surface area contributed by atoms with Gasteiger partial charge >= 0.3 is 0 Å². The number of nitrogens with zero attached hydrogens (tertiary/aromatic N) is 1. The third kappa shape index (κ3) is 5.77. The van der Waals surface area contributed by atoms with Crippen molar-refractivity contribution < 1.29 is 9.53 Å². The highest BCUT2D eigenvalue weighted by Gasteiger charge is 2.09. The molecule has 0 aliphatic heterocycles. The highest BCUT2D eigenvalue weighted by atomic mass is 35.5. The van der Waals surface area contributed by atoms with Crippen LogP contribution >= 0.6 is 23.2 Å². The molecule has 4 rings (SSSR count). The van der Waals surface area contributed by atoms with Crippen LogP contribution in [0.5, 0.6) is 5.75 Å². The highest BCUT2D eigenvalue weighted by Crippen LogP contribution is 2.27. The first-order valence-corrected chi connectivity index (χ1v) is 11.6. The van der Waals surface area contributed by atoms with Gasteiger partial charge in [0.2, 0.25) is 5.91 Å². The molecule has 0 aromatic heterocycles. The maximum Gasteiger partial charge on any atom is 0.244 e. The number of nitrogens with one attached hydrogen (secondary N) is 1. The van der Waals surface area contributed by atoms with Crippen LogP contribution in [-0.4, -0.2) is 12.1 Å². The zero-order valence-electron chi connectivity index (χ0n) is 18.9. The van der Waals surface area contributed by atoms with Gasteiger partial charge in [-0.3, -0.25) is 4.79 Å². The Kier molecular flexibility index (Phi) is 7.51. The summed E-state index contributed by atoms with van der Waals surface area (Å²) >= 11 is 12.2. The molecule has 0 spiro atoms. The zero-order chi connectivity index (χ0) is 24.1. The van der Waals surface area contributed by atoms with Gasteiger partial charge in [0.25, 0.3) is 0 Å². The van der Waals surface area contributed by atoms with Crippen LogP contribution < -0.4 is 10.2 Å². The number of benzene rings is 4. The van der Waals surface area contributed by atoms with Gasteiger partial charge in [-0.15, -0.1) is 0 Å². The van der Waals surface area contributed by atoms with Gasteiger partial charge in [-0.1, -0.05) is 71.7 Å². The summed E-state index contributed by atoms with van der Waals surface area (Å²) in [6.45, 7) is 4.29. The van der Waals surface area contributed by atoms with E-state index in [0.717, 1.165) is 44.3 Å². The van der Waals surface area contributed by atoms with Crippen LogP contribution in [0.3, 0.4) is 0 Å². The molecule has 0 heterocycles. The molecule has 0 radical (unpaired) electrons. The SMILES string of the molecule is Cc1cc(/C=N\NC(=O)Cc2cccc3ccccc23)cc(C)c1OCc1ccc(Cl)cc1Cl. The number of halogens is 2. The predicted molar refractivity (Wildman–Crippen MR) is 140 cm³/mol. The lowest BCUT2D eigenvalue weighted by atomic mass is 10.0. The van der Waals surface area contributed by atoms with Crippen molar-refractivity contribution in [1.82, 2.24) is 5.43 Å². The number of carbonyl (C=O) groups is 1. The molecule has 6 heteroatoms. The van der Waals surface area contributed by atoms with Crippen LogP contribution in [0.1, 0.15) is 27.8 Å². The monoisotopic (exact) mass is 490 g/mol. The van der Waals surface area contributed by atoms with Crippen LogP contribution in [0, 0.1) is 13.8 Å². The third-order valence-corrected chi connectivity index (χ3v) is 6.09. The molecule has 1 amide bonds. The normalized spacial score (nSPS) is 11.2. The Balaban J connectivity index is 1.38. The van der Waals surface area contributed by atoms with Gasteiger partial charge in [-0.05, 0) is 71.1 Å². The summed E-state index contributed by atoms with van der Waals surface area (Å²) in [5.41, 5.74) is 7.27. The van der Waals surface area contributed by atoms with E-state index in [2.05, 4.69) is 10.5 Å². The first kappa shape index (κ1) is 23.8. The summed E-state index contributed by atoms with van der Waals surface area (Å²) in [5.74, 6) is 0.629. The summed E-state index contributed by atoms with van der Waals surface area (Å²) in [4.78, 5) is 12.4. The number of hydrogen-bond donors (Lipinski definition) is 1. The second-order valence-corrected chi connectivity index (χ2v) is 8.96. The Labute approximate surface area is 209 Å². The first-order valence-electron chi connectivity index (χ1n) is 10.9. The summed E-state index contributed by atoms with van der Waals surface area (Å²) in [5, 5.41) is 7.50. The van der Waals surface area contributed by atoms with E-state index in [9.17, 15) is 4.79 Å². The third-order valence-electron chi connectivity index (χ3n) is 5.50. The van der Waals surface area contributed by atoms with E-state index in [1.54, 1.807) is 18.3 Å². The molecule has 0 bridgehead atoms. The van der Waals surface area contributed by atoms with E-state index >= 15 is 0 Å². The number of aryl methyl sites for hydroxylation is 2. The molecule has 34 heavy (non-hydrogen) atoms. The van der Waals surface area contributed by atoms with Crippen LogP contribution in [0.2, 0.25) is 10.0 Å². The van der Waals surface area contributed by atoms with Gasteiger partial charge in [0.05, 0.1) is 12.6 Å². The fourth-order valence-electron chi connectivity index (χ4n) is 3.91. The lowest BCUT2D eigenvalue weighted by Gasteiger charge is -2.14. The molecule has 0 saturated carbocycles. The molecule has 172 valence electrons. The lowest BCUT2D eigenvalue weighted by Crippen LogP contribution is -2.19. The maximum absolute atomic E-state index is 12.4. The number of amides is 1. The van der Waals surface area contributed by atoms with Gasteiger partial charge in [0, 0.05) is 15.6 Å². The number of hydrazone groups is 1. The molecule has 0 unspecified atom stereocenters. The second kappa shape index (κ2) is 10.7. The predicted octanol–water partition coefficient (Wildman–Crippen LogP) is 7.04. The molecule has 4 nitrogen and oxygen atoms in total. The molecule has 0 aliphatic carbocycles. The summed E-state index contributed by atoms with van der Waals surface area (Å²) < 4.78 is 6.03. The molecule has 0 saturated heterocycles. The minimum atomic E-state index is -0.166. The van der Waals surface area contributed by atoms with Crippen molar-refractivity contribution in [3.63, 3.8) is 0 Å². The minimum absolute atomic E-state index is 0.166. The average molecular weight is 491 g/mol. The number of rotatable bonds is 7. The molecular weight excluding hydrogens is 467 g/mol. The molecule has 4 aromatic carbocycles. The topological polar surface area (TPSA) is 50.7 Å². The van der Waals surface area contributed by atoms with Gasteiger partial charge in [-0.2, -0.15) is 5.10 Å². The minimum Gasteiger partial charge on any atom is -0.488 e. The number of hydrogen-bond acceptors (Lipinski definition) is 3. The number of carbonyl (C=O) groups excluding carboxylic acids is 1. The Morgan fingerprint density at radius 1 is 0.941 bits per heavy atom. The molecule has 0 atom stereocenters. The van der Waals surface area contributed by atoms with Crippen molar-refractivity contribution in [2.45, 2.75) is 26.9 Å². The van der Waals surface area contributed by atoms with Crippen LogP contribution in [0.25, 0.3) is 10.8 Å². The standard InChI is InChI=1S/C28H24Cl2N2O2/c1-18-12-20(13-19(2)28(18)34-17-23-10-11-24(29)15-26(23)30)16-31-32-27(33)14-22-8-5-7-21-6-3-4-9-25(21)22/h3-13,15-16H,14,17H2,1-2H3,(H,32,33)/b31-16-. The number of fused-ring (bicyclic) bond motifs is 1. The highest BCUT2D eigenvalue weighted by molar-refractivity contribution is 6.35. The van der Waals surface area contributed by atoms with Gasteiger partial charge in [0.15, 0.2) is 0 Å². The summed E-state index contributed by atoms with van der Waals surface area (Å²) in [6, 6.07) is 23.3. The quantitative estimate of drug-likeness (QED) is 0.223. The molecular formula is C28H24Cl2N2O2. The maximum atomic E-state index is 12.4. The van der Waals surface area contributed by atoms with Crippen molar-refractivity contribution >= 4 is 46.1 Å². The van der Waals surface area contributed by atoms with Crippen LogP contribution in [-0.2, 0) is 17.8 Å². The fraction of sp³-hybridized carbons (Fsp3) is 0.143. The summed E-state index contributed by atoms with van der Waals surface area (Å²) in [6.07, 6.45) is 1.90. The van der Waals surface area contributed by atoms with Crippen LogP contribution in [0.15, 0.2) is 77.9 Å². The second-order valence-electron chi connectivity index (χ2n) is 8.12. The van der Waals surface area contributed by atoms with E-state index in [4.69, 9.17) is 27.9 Å². The van der Waals surface area contributed by atoms with Gasteiger partial charge in [-0.25, -0.2) is 5.43 Å². The van der Waals surface area contributed by atoms with E-state index < -0.39 is 0 Å². The largest absolute Gasteiger partial charge is 0.488 e. The number of ether oxygens (including phenoxy) is 1. The average Bonchev–Trinajstić information content (AvgIpc) is 2.80. The molecule has 0 fully saturated rings. The van der Waals surface area contributed by atoms with Gasteiger partial charge < -0.3 is 4.74 Å². The Morgan fingerprint density at radius 3 is 2.44 bits per heavy atom. The fourth-order valence-corrected chi connectivity index (χ4v) is 4.38. The first-order chi connectivity index (χ1) is 16.4. The summed E-state index contributed by atoms with van der Waals surface area (Å²) in [7, 11) is 0. The van der Waals surface area contributed by atoms with Crippen molar-refractivity contribution in [3.8, 4) is 5.75 Å². The van der Waals surface area contributed by atoms with E-state index in [0.29, 0.717) is 16.7 Å². The van der Waals surface area contributed by atoms with E-state index in [1.165, 1.54) is 0 Å². The zero-order valence-corrected chi connectivity index (χ0v) is 20.5. The van der Waals surface area contributed by atoms with E-state index in [1.807, 2.05) is 74.5 Å². The van der Waals surface area contributed by atoms with Crippen LogP contribution in [0.4, 0.5) is 0 Å². The Hall–Kier alpha value is -3.34. The van der Waals surface area contributed by atoms with Crippen molar-refractivity contribution in [2.75, 3.05) is 0 Å². The van der Waals surface area contributed by atoms with Crippen molar-refractivity contribution in [2.24, 2.45) is 5.10 Å². The van der Waals surface area contributed by atoms with Crippen molar-refractivity contribution in [3.05, 3.63) is 111 Å². The van der Waals surface area contributed by atoms with E-state index in [-0.39, 0.29) is 12.3 Å².